The number of carbonyl (C=O) groups is 1. The second kappa shape index (κ2) is 31.3. The molecule has 1 atom stereocenters. The molecule has 0 aromatic rings. The molecule has 1 fully saturated rings. The van der Waals surface area contributed by atoms with Crippen LogP contribution in [0.25, 0.3) is 0 Å². The zero-order chi connectivity index (χ0) is 31.1. The molecule has 1 aliphatic heterocycles. The van der Waals surface area contributed by atoms with E-state index in [1.54, 1.807) is 0 Å². The second-order valence-electron chi connectivity index (χ2n) is 13.5. The van der Waals surface area contributed by atoms with Crippen LogP contribution in [0.5, 0.6) is 0 Å². The van der Waals surface area contributed by atoms with Gasteiger partial charge in [0.25, 0.3) is 0 Å². The largest absolute Gasteiger partial charge is 0.464 e. The molecule has 0 radical (unpaired) electrons. The third-order valence-corrected chi connectivity index (χ3v) is 9.60. The fraction of sp³-hybridized carbons (Fsp3) is 0.974. The molecule has 0 amide bonds. The van der Waals surface area contributed by atoms with Crippen LogP contribution in [0.4, 0.5) is 0 Å². The number of carbonyl (C=O) groups excluding carboxylic acids is 1. The van der Waals surface area contributed by atoms with Crippen molar-refractivity contribution in [3.63, 3.8) is 0 Å². The van der Waals surface area contributed by atoms with Crippen molar-refractivity contribution >= 4 is 5.97 Å². The van der Waals surface area contributed by atoms with Gasteiger partial charge in [-0.1, -0.05) is 174 Å². The molecule has 1 unspecified atom stereocenters. The normalized spacial score (nSPS) is 15.9. The Morgan fingerprint density at radius 3 is 1.35 bits per heavy atom. The van der Waals surface area contributed by atoms with E-state index >= 15 is 0 Å². The molecule has 1 aliphatic rings. The first-order chi connectivity index (χ1) is 21.2. The Hall–Kier alpha value is -0.650. The summed E-state index contributed by atoms with van der Waals surface area (Å²) < 4.78 is 5.63. The smallest absolute Gasteiger partial charge is 0.305 e. The van der Waals surface area contributed by atoms with E-state index in [2.05, 4.69) is 23.6 Å². The SMILES string of the molecule is CCCCCCCCCCCCCCCC(=O)OCCN1CCN(CCO)C1CCCCCCCCCCCCCCC. The van der Waals surface area contributed by atoms with Gasteiger partial charge in [0.2, 0.25) is 0 Å². The maximum Gasteiger partial charge on any atom is 0.305 e. The van der Waals surface area contributed by atoms with Crippen LogP contribution in [-0.4, -0.2) is 66.4 Å². The zero-order valence-corrected chi connectivity index (χ0v) is 29.3. The Bertz CT molecular complexity index is 588. The van der Waals surface area contributed by atoms with Crippen LogP contribution in [0.1, 0.15) is 194 Å². The number of aliphatic hydroxyl groups is 1. The minimum Gasteiger partial charge on any atom is -0.464 e. The number of β-amino-alcohol motifs (C(OH)–C–C–N with tert-alkyl or cyclic N) is 1. The second-order valence-corrected chi connectivity index (χ2v) is 13.5. The molecule has 5 nitrogen and oxygen atoms in total. The standard InChI is InChI=1S/C38H76N2O3/c1-3-5-7-9-11-13-15-17-19-21-23-25-27-29-37-39(33-35-41)31-32-40(37)34-36-43-38(42)30-28-26-24-22-20-18-16-14-12-10-8-6-4-2/h37,41H,3-36H2,1-2H3. The van der Waals surface area contributed by atoms with Gasteiger partial charge in [-0.15, -0.1) is 0 Å². The van der Waals surface area contributed by atoms with Crippen LogP contribution in [0.2, 0.25) is 0 Å². The number of ether oxygens (including phenoxy) is 1. The molecular formula is C38H76N2O3. The average Bonchev–Trinajstić information content (AvgIpc) is 3.38. The van der Waals surface area contributed by atoms with Gasteiger partial charge in [0.1, 0.15) is 6.61 Å². The van der Waals surface area contributed by atoms with Crippen molar-refractivity contribution < 1.29 is 14.6 Å². The fourth-order valence-corrected chi connectivity index (χ4v) is 6.78. The Labute approximate surface area is 269 Å². The molecule has 43 heavy (non-hydrogen) atoms. The minimum absolute atomic E-state index is 0.0254. The number of aliphatic hydroxyl groups excluding tert-OH is 1. The third kappa shape index (κ3) is 24.3. The first kappa shape index (κ1) is 40.4. The van der Waals surface area contributed by atoms with Gasteiger partial charge < -0.3 is 9.84 Å². The lowest BCUT2D eigenvalue weighted by molar-refractivity contribution is -0.144. The summed E-state index contributed by atoms with van der Waals surface area (Å²) in [6.45, 7) is 8.87. The first-order valence-corrected chi connectivity index (χ1v) is 19.5. The van der Waals surface area contributed by atoms with Crippen molar-refractivity contribution in [1.29, 1.82) is 0 Å². The highest BCUT2D eigenvalue weighted by Gasteiger charge is 2.30. The van der Waals surface area contributed by atoms with Crippen LogP contribution >= 0.6 is 0 Å². The van der Waals surface area contributed by atoms with Gasteiger partial charge in [-0.2, -0.15) is 0 Å². The van der Waals surface area contributed by atoms with Crippen molar-refractivity contribution in [2.75, 3.05) is 39.4 Å². The van der Waals surface area contributed by atoms with Crippen molar-refractivity contribution in [3.8, 4) is 0 Å². The molecule has 0 aliphatic carbocycles. The lowest BCUT2D eigenvalue weighted by atomic mass is 10.0. The molecule has 1 rings (SSSR count). The minimum atomic E-state index is -0.0254. The van der Waals surface area contributed by atoms with Gasteiger partial charge in [-0.05, 0) is 12.8 Å². The van der Waals surface area contributed by atoms with Gasteiger partial charge in [0.05, 0.1) is 12.8 Å². The molecule has 256 valence electrons. The van der Waals surface area contributed by atoms with Gasteiger partial charge in [0, 0.05) is 32.6 Å². The predicted octanol–water partition coefficient (Wildman–Crippen LogP) is 10.4. The zero-order valence-electron chi connectivity index (χ0n) is 29.3. The van der Waals surface area contributed by atoms with Gasteiger partial charge in [-0.3, -0.25) is 14.6 Å². The van der Waals surface area contributed by atoms with E-state index in [1.165, 1.54) is 154 Å². The predicted molar refractivity (Wildman–Crippen MR) is 186 cm³/mol. The Morgan fingerprint density at radius 2 is 0.930 bits per heavy atom. The number of hydrogen-bond donors (Lipinski definition) is 1. The molecule has 1 heterocycles. The first-order valence-electron chi connectivity index (χ1n) is 19.5. The van der Waals surface area contributed by atoms with E-state index in [4.69, 9.17) is 4.74 Å². The Morgan fingerprint density at radius 1 is 0.558 bits per heavy atom. The summed E-state index contributed by atoms with van der Waals surface area (Å²) in [7, 11) is 0. The van der Waals surface area contributed by atoms with E-state index in [-0.39, 0.29) is 12.6 Å². The molecule has 0 aromatic heterocycles. The highest BCUT2D eigenvalue weighted by atomic mass is 16.5. The summed E-state index contributed by atoms with van der Waals surface area (Å²) in [6.07, 6.45) is 37.3. The summed E-state index contributed by atoms with van der Waals surface area (Å²) in [5.41, 5.74) is 0. The van der Waals surface area contributed by atoms with Crippen LogP contribution < -0.4 is 0 Å². The van der Waals surface area contributed by atoms with Crippen molar-refractivity contribution in [2.24, 2.45) is 0 Å². The molecule has 1 saturated heterocycles. The topological polar surface area (TPSA) is 53.0 Å². The number of nitrogens with zero attached hydrogens (tertiary/aromatic N) is 2. The van der Waals surface area contributed by atoms with E-state index in [0.717, 1.165) is 45.4 Å². The van der Waals surface area contributed by atoms with Gasteiger partial charge in [0.15, 0.2) is 0 Å². The lowest BCUT2D eigenvalue weighted by Gasteiger charge is -2.30. The van der Waals surface area contributed by atoms with Crippen molar-refractivity contribution in [2.45, 2.75) is 200 Å². The van der Waals surface area contributed by atoms with E-state index in [9.17, 15) is 9.90 Å². The van der Waals surface area contributed by atoms with Crippen LogP contribution in [-0.2, 0) is 9.53 Å². The lowest BCUT2D eigenvalue weighted by Crippen LogP contribution is -2.41. The summed E-state index contributed by atoms with van der Waals surface area (Å²) in [5, 5.41) is 9.55. The average molecular weight is 609 g/mol. The van der Waals surface area contributed by atoms with Gasteiger partial charge >= 0.3 is 5.97 Å². The maximum absolute atomic E-state index is 12.3. The van der Waals surface area contributed by atoms with Crippen molar-refractivity contribution in [3.05, 3.63) is 0 Å². The number of rotatable bonds is 33. The monoisotopic (exact) mass is 609 g/mol. The van der Waals surface area contributed by atoms with Crippen LogP contribution in [0.3, 0.4) is 0 Å². The Balaban J connectivity index is 2.02. The molecule has 0 bridgehead atoms. The van der Waals surface area contributed by atoms with Crippen LogP contribution in [0, 0.1) is 0 Å². The number of unbranched alkanes of at least 4 members (excludes halogenated alkanes) is 24. The van der Waals surface area contributed by atoms with E-state index < -0.39 is 0 Å². The Kier molecular flexibility index (Phi) is 29.4. The number of esters is 1. The van der Waals surface area contributed by atoms with Crippen LogP contribution in [0.15, 0.2) is 0 Å². The van der Waals surface area contributed by atoms with E-state index in [0.29, 0.717) is 19.2 Å². The van der Waals surface area contributed by atoms with E-state index in [1.807, 2.05) is 0 Å². The summed E-state index contributed by atoms with van der Waals surface area (Å²) in [4.78, 5) is 17.2. The summed E-state index contributed by atoms with van der Waals surface area (Å²) in [6, 6.07) is 0. The summed E-state index contributed by atoms with van der Waals surface area (Å²) >= 11 is 0. The van der Waals surface area contributed by atoms with Gasteiger partial charge in [-0.25, -0.2) is 0 Å². The molecule has 5 heteroatoms. The third-order valence-electron chi connectivity index (χ3n) is 9.60. The molecule has 0 saturated carbocycles. The highest BCUT2D eigenvalue weighted by Crippen LogP contribution is 2.21. The highest BCUT2D eigenvalue weighted by molar-refractivity contribution is 5.69. The fourth-order valence-electron chi connectivity index (χ4n) is 6.78. The number of hydrogen-bond acceptors (Lipinski definition) is 5. The molecule has 1 N–H and O–H groups in total. The quantitative estimate of drug-likeness (QED) is 0.0593. The summed E-state index contributed by atoms with van der Waals surface area (Å²) in [5.74, 6) is -0.0254. The maximum atomic E-state index is 12.3. The van der Waals surface area contributed by atoms with Crippen molar-refractivity contribution in [1.82, 2.24) is 9.80 Å². The molecule has 0 aromatic carbocycles. The molecule has 0 spiro atoms. The molecular weight excluding hydrogens is 532 g/mol.